The van der Waals surface area contributed by atoms with Gasteiger partial charge in [-0.25, -0.2) is 0 Å². The lowest BCUT2D eigenvalue weighted by Crippen LogP contribution is -2.03. The highest BCUT2D eigenvalue weighted by atomic mass is 16.3. The molecule has 0 atom stereocenters. The van der Waals surface area contributed by atoms with E-state index >= 15 is 0 Å². The van der Waals surface area contributed by atoms with Crippen molar-refractivity contribution in [3.8, 4) is 0 Å². The number of carbonyl (C=O) groups is 1. The van der Waals surface area contributed by atoms with Gasteiger partial charge in [0, 0.05) is 17.8 Å². The van der Waals surface area contributed by atoms with Crippen LogP contribution in [0.1, 0.15) is 17.3 Å². The van der Waals surface area contributed by atoms with Gasteiger partial charge in [0.1, 0.15) is 6.61 Å². The molecule has 0 radical (unpaired) electrons. The van der Waals surface area contributed by atoms with Gasteiger partial charge in [-0.05, 0) is 79.7 Å². The quantitative estimate of drug-likeness (QED) is 0.359. The minimum Gasteiger partial charge on any atom is -0.388 e. The minimum absolute atomic E-state index is 0.327. The van der Waals surface area contributed by atoms with E-state index in [4.69, 9.17) is 5.11 Å². The smallest absolute Gasteiger partial charge is 0.188 e. The van der Waals surface area contributed by atoms with E-state index in [1.807, 2.05) is 43.3 Å². The van der Waals surface area contributed by atoms with Crippen LogP contribution in [0.2, 0.25) is 0 Å². The Morgan fingerprint density at radius 2 is 1.10 bits per heavy atom. The first-order valence-corrected chi connectivity index (χ1v) is 9.19. The molecule has 0 aliphatic heterocycles. The Bertz CT molecular complexity index is 995. The van der Waals surface area contributed by atoms with Gasteiger partial charge in [-0.2, -0.15) is 20.5 Å². The van der Waals surface area contributed by atoms with E-state index < -0.39 is 6.61 Å². The first-order chi connectivity index (χ1) is 14.2. The number of aliphatic hydroxyl groups excluding tert-OH is 1. The van der Waals surface area contributed by atoms with Crippen molar-refractivity contribution < 1.29 is 9.90 Å². The molecular formula is C22H21N5O2. The van der Waals surface area contributed by atoms with Crippen LogP contribution in [0.25, 0.3) is 0 Å². The molecule has 0 aliphatic carbocycles. The maximum atomic E-state index is 11.4. The van der Waals surface area contributed by atoms with E-state index in [2.05, 4.69) is 25.8 Å². The van der Waals surface area contributed by atoms with Gasteiger partial charge in [-0.1, -0.05) is 0 Å². The van der Waals surface area contributed by atoms with E-state index in [1.165, 1.54) is 0 Å². The number of rotatable bonds is 8. The summed E-state index contributed by atoms with van der Waals surface area (Å²) in [6.07, 6.45) is 0. The van der Waals surface area contributed by atoms with Crippen molar-refractivity contribution in [1.29, 1.82) is 0 Å². The predicted molar refractivity (Wildman–Crippen MR) is 113 cm³/mol. The Kier molecular flexibility index (Phi) is 6.91. The summed E-state index contributed by atoms with van der Waals surface area (Å²) >= 11 is 0. The molecule has 29 heavy (non-hydrogen) atoms. The van der Waals surface area contributed by atoms with Crippen molar-refractivity contribution in [2.45, 2.75) is 6.92 Å². The van der Waals surface area contributed by atoms with E-state index in [1.54, 1.807) is 36.4 Å². The molecule has 3 rings (SSSR count). The number of nitrogens with one attached hydrogen (secondary N) is 1. The van der Waals surface area contributed by atoms with Crippen LogP contribution in [0.5, 0.6) is 0 Å². The topological polar surface area (TPSA) is 98.8 Å². The van der Waals surface area contributed by atoms with Crippen molar-refractivity contribution >= 4 is 34.2 Å². The first-order valence-electron chi connectivity index (χ1n) is 9.19. The van der Waals surface area contributed by atoms with Gasteiger partial charge >= 0.3 is 0 Å². The molecule has 0 aliphatic rings. The lowest BCUT2D eigenvalue weighted by atomic mass is 10.1. The normalized spacial score (nSPS) is 11.2. The van der Waals surface area contributed by atoms with Gasteiger partial charge in [0.15, 0.2) is 5.78 Å². The summed E-state index contributed by atoms with van der Waals surface area (Å²) in [4.78, 5) is 11.4. The Hall–Kier alpha value is -3.71. The average molecular weight is 387 g/mol. The number of nitrogens with zero attached hydrogens (tertiary/aromatic N) is 4. The summed E-state index contributed by atoms with van der Waals surface area (Å²) in [5.41, 5.74) is 4.28. The molecule has 0 saturated heterocycles. The van der Waals surface area contributed by atoms with Crippen LogP contribution < -0.4 is 5.32 Å². The van der Waals surface area contributed by atoms with Gasteiger partial charge in [0.05, 0.1) is 22.7 Å². The number of anilines is 1. The molecule has 3 aromatic carbocycles. The fourth-order valence-corrected chi connectivity index (χ4v) is 2.47. The SMILES string of the molecule is CCNc1ccc(N=Nc2ccc(N=Nc3ccc(C(=O)CO)cc3)cc2)cc1. The Morgan fingerprint density at radius 3 is 1.48 bits per heavy atom. The summed E-state index contributed by atoms with van der Waals surface area (Å²) in [7, 11) is 0. The summed E-state index contributed by atoms with van der Waals surface area (Å²) in [6.45, 7) is 2.42. The second-order valence-electron chi connectivity index (χ2n) is 6.12. The molecule has 0 fully saturated rings. The fourth-order valence-electron chi connectivity index (χ4n) is 2.47. The highest BCUT2D eigenvalue weighted by molar-refractivity contribution is 5.97. The summed E-state index contributed by atoms with van der Waals surface area (Å²) in [5, 5.41) is 28.9. The number of carbonyl (C=O) groups excluding carboxylic acids is 1. The van der Waals surface area contributed by atoms with Crippen molar-refractivity contribution in [2.75, 3.05) is 18.5 Å². The fraction of sp³-hybridized carbons (Fsp3) is 0.136. The maximum Gasteiger partial charge on any atom is 0.188 e. The van der Waals surface area contributed by atoms with Gasteiger partial charge in [0.2, 0.25) is 0 Å². The van der Waals surface area contributed by atoms with Crippen LogP contribution in [0.3, 0.4) is 0 Å². The molecule has 2 N–H and O–H groups in total. The van der Waals surface area contributed by atoms with Gasteiger partial charge < -0.3 is 10.4 Å². The van der Waals surface area contributed by atoms with Crippen LogP contribution in [0, 0.1) is 0 Å². The maximum absolute atomic E-state index is 11.4. The van der Waals surface area contributed by atoms with Gasteiger partial charge in [0.25, 0.3) is 0 Å². The number of azo groups is 2. The lowest BCUT2D eigenvalue weighted by molar-refractivity contribution is 0.0904. The van der Waals surface area contributed by atoms with Crippen LogP contribution in [0.15, 0.2) is 93.3 Å². The number of benzene rings is 3. The third-order valence-corrected chi connectivity index (χ3v) is 3.99. The number of hydrogen-bond donors (Lipinski definition) is 2. The zero-order chi connectivity index (χ0) is 20.5. The lowest BCUT2D eigenvalue weighted by Gasteiger charge is -2.01. The average Bonchev–Trinajstić information content (AvgIpc) is 2.78. The second kappa shape index (κ2) is 10.0. The van der Waals surface area contributed by atoms with Crippen molar-refractivity contribution in [1.82, 2.24) is 0 Å². The molecule has 146 valence electrons. The summed E-state index contributed by atoms with van der Waals surface area (Å²) in [5.74, 6) is -0.327. The molecule has 7 heteroatoms. The standard InChI is InChI=1S/C22H21N5O2/c1-2-23-17-7-9-19(10-8-17)25-27-21-13-11-20(12-14-21)26-24-18-5-3-16(4-6-18)22(29)15-28/h3-14,23,28H,2,15H2,1H3. The monoisotopic (exact) mass is 387 g/mol. The van der Waals surface area contributed by atoms with Crippen LogP contribution in [-0.4, -0.2) is 24.0 Å². The van der Waals surface area contributed by atoms with Gasteiger partial charge in [-0.3, -0.25) is 4.79 Å². The highest BCUT2D eigenvalue weighted by Gasteiger charge is 2.03. The Labute approximate surface area is 168 Å². The van der Waals surface area contributed by atoms with E-state index in [0.717, 1.165) is 17.9 Å². The zero-order valence-corrected chi connectivity index (χ0v) is 16.0. The molecular weight excluding hydrogens is 366 g/mol. The predicted octanol–water partition coefficient (Wildman–Crippen LogP) is 6.12. The summed E-state index contributed by atoms with van der Waals surface area (Å²) in [6, 6.07) is 21.6. The van der Waals surface area contributed by atoms with Crippen LogP contribution in [0.4, 0.5) is 28.4 Å². The number of aliphatic hydroxyl groups is 1. The zero-order valence-electron chi connectivity index (χ0n) is 16.0. The molecule has 3 aromatic rings. The first kappa shape index (κ1) is 20.0. The molecule has 0 bridgehead atoms. The third kappa shape index (κ3) is 5.88. The van der Waals surface area contributed by atoms with Crippen molar-refractivity contribution in [2.24, 2.45) is 20.5 Å². The van der Waals surface area contributed by atoms with Gasteiger partial charge in [-0.15, -0.1) is 0 Å². The third-order valence-electron chi connectivity index (χ3n) is 3.99. The molecule has 7 nitrogen and oxygen atoms in total. The van der Waals surface area contributed by atoms with Crippen LogP contribution in [-0.2, 0) is 0 Å². The Balaban J connectivity index is 1.60. The van der Waals surface area contributed by atoms with E-state index in [-0.39, 0.29) is 5.78 Å². The number of Topliss-reactive ketones (excluding diaryl/α,β-unsaturated/α-hetero) is 1. The van der Waals surface area contributed by atoms with Crippen LogP contribution >= 0.6 is 0 Å². The Morgan fingerprint density at radius 1 is 0.724 bits per heavy atom. The van der Waals surface area contributed by atoms with Crippen molar-refractivity contribution in [3.05, 3.63) is 78.4 Å². The molecule has 0 aromatic heterocycles. The summed E-state index contributed by atoms with van der Waals surface area (Å²) < 4.78 is 0. The molecule has 0 spiro atoms. The number of ketones is 1. The highest BCUT2D eigenvalue weighted by Crippen LogP contribution is 2.24. The largest absolute Gasteiger partial charge is 0.388 e. The minimum atomic E-state index is -0.508. The molecule has 0 amide bonds. The van der Waals surface area contributed by atoms with Crippen molar-refractivity contribution in [3.63, 3.8) is 0 Å². The second-order valence-corrected chi connectivity index (χ2v) is 6.12. The number of hydrogen-bond acceptors (Lipinski definition) is 7. The van der Waals surface area contributed by atoms with E-state index in [0.29, 0.717) is 22.6 Å². The molecule has 0 heterocycles. The molecule has 0 unspecified atom stereocenters. The van der Waals surface area contributed by atoms with E-state index in [9.17, 15) is 4.79 Å². The molecule has 0 saturated carbocycles.